The average molecular weight is 278 g/mol. The summed E-state index contributed by atoms with van der Waals surface area (Å²) in [5.41, 5.74) is 3.43. The molecule has 20 heavy (non-hydrogen) atoms. The monoisotopic (exact) mass is 278 g/mol. The molecule has 3 N–H and O–H groups in total. The van der Waals surface area contributed by atoms with Crippen LogP contribution in [0.25, 0.3) is 0 Å². The lowest BCUT2D eigenvalue weighted by Crippen LogP contribution is -2.30. The van der Waals surface area contributed by atoms with Gasteiger partial charge in [-0.15, -0.1) is 0 Å². The van der Waals surface area contributed by atoms with E-state index >= 15 is 0 Å². The van der Waals surface area contributed by atoms with Gasteiger partial charge in [0.05, 0.1) is 13.2 Å². The van der Waals surface area contributed by atoms with Crippen LogP contribution >= 0.6 is 0 Å². The number of benzene rings is 2. The highest BCUT2D eigenvalue weighted by Crippen LogP contribution is 2.23. The van der Waals surface area contributed by atoms with E-state index in [2.05, 4.69) is 5.43 Å². The molecule has 5 heteroatoms. The lowest BCUT2D eigenvalue weighted by molar-refractivity contribution is 0.414. The van der Waals surface area contributed by atoms with Crippen LogP contribution in [-0.2, 0) is 6.42 Å². The predicted molar refractivity (Wildman–Crippen MR) is 73.1 cm³/mol. The molecular weight excluding hydrogens is 262 g/mol. The Morgan fingerprint density at radius 1 is 1.10 bits per heavy atom. The van der Waals surface area contributed by atoms with Crippen LogP contribution in [0.1, 0.15) is 17.2 Å². The van der Waals surface area contributed by atoms with E-state index in [-0.39, 0.29) is 18.0 Å². The third kappa shape index (κ3) is 3.12. The van der Waals surface area contributed by atoms with E-state index in [1.165, 1.54) is 18.2 Å². The molecule has 1 atom stereocenters. The van der Waals surface area contributed by atoms with Gasteiger partial charge in [-0.2, -0.15) is 0 Å². The highest BCUT2D eigenvalue weighted by molar-refractivity contribution is 5.31. The first-order valence-corrected chi connectivity index (χ1v) is 6.18. The van der Waals surface area contributed by atoms with Crippen molar-refractivity contribution in [2.45, 2.75) is 12.5 Å². The summed E-state index contributed by atoms with van der Waals surface area (Å²) in [6, 6.07) is 10.6. The third-order valence-corrected chi connectivity index (χ3v) is 3.19. The van der Waals surface area contributed by atoms with Crippen LogP contribution in [-0.4, -0.2) is 7.11 Å². The summed E-state index contributed by atoms with van der Waals surface area (Å²) >= 11 is 0. The first-order chi connectivity index (χ1) is 9.65. The quantitative estimate of drug-likeness (QED) is 0.653. The molecule has 0 spiro atoms. The maximum Gasteiger partial charge on any atom is 0.129 e. The summed E-state index contributed by atoms with van der Waals surface area (Å²) in [5.74, 6) is 5.07. The van der Waals surface area contributed by atoms with E-state index in [0.717, 1.165) is 5.56 Å². The Morgan fingerprint density at radius 2 is 1.70 bits per heavy atom. The van der Waals surface area contributed by atoms with Gasteiger partial charge in [0, 0.05) is 5.56 Å². The molecule has 0 heterocycles. The first kappa shape index (κ1) is 14.4. The molecule has 0 aromatic heterocycles. The fourth-order valence-electron chi connectivity index (χ4n) is 2.04. The van der Waals surface area contributed by atoms with E-state index in [1.807, 2.05) is 12.1 Å². The van der Waals surface area contributed by atoms with Gasteiger partial charge in [-0.1, -0.05) is 18.2 Å². The molecule has 0 aliphatic carbocycles. The Morgan fingerprint density at radius 3 is 2.20 bits per heavy atom. The van der Waals surface area contributed by atoms with Crippen molar-refractivity contribution in [2.24, 2.45) is 5.84 Å². The van der Waals surface area contributed by atoms with Crippen LogP contribution in [0.4, 0.5) is 8.78 Å². The molecule has 2 aromatic carbocycles. The van der Waals surface area contributed by atoms with Crippen LogP contribution in [0.15, 0.2) is 42.5 Å². The molecule has 0 fully saturated rings. The topological polar surface area (TPSA) is 47.3 Å². The second kappa shape index (κ2) is 6.45. The number of methoxy groups -OCH3 is 1. The Labute approximate surface area is 116 Å². The molecular formula is C15H16F2N2O. The zero-order valence-corrected chi connectivity index (χ0v) is 11.1. The number of nitrogens with two attached hydrogens (primary N) is 1. The summed E-state index contributed by atoms with van der Waals surface area (Å²) in [7, 11) is 1.57. The van der Waals surface area contributed by atoms with Crippen molar-refractivity contribution in [3.63, 3.8) is 0 Å². The Kier molecular flexibility index (Phi) is 4.65. The molecule has 0 amide bonds. The van der Waals surface area contributed by atoms with Gasteiger partial charge in [0.2, 0.25) is 0 Å². The molecule has 3 nitrogen and oxygen atoms in total. The third-order valence-electron chi connectivity index (χ3n) is 3.19. The van der Waals surface area contributed by atoms with Crippen molar-refractivity contribution in [3.05, 3.63) is 65.2 Å². The first-order valence-electron chi connectivity index (χ1n) is 6.18. The highest BCUT2D eigenvalue weighted by Gasteiger charge is 2.16. The van der Waals surface area contributed by atoms with E-state index in [1.54, 1.807) is 19.2 Å². The van der Waals surface area contributed by atoms with E-state index in [4.69, 9.17) is 10.6 Å². The van der Waals surface area contributed by atoms with Crippen LogP contribution in [0, 0.1) is 11.6 Å². The molecule has 0 radical (unpaired) electrons. The summed E-state index contributed by atoms with van der Waals surface area (Å²) < 4.78 is 32.4. The number of rotatable bonds is 5. The smallest absolute Gasteiger partial charge is 0.129 e. The van der Waals surface area contributed by atoms with Crippen LogP contribution in [0.2, 0.25) is 0 Å². The Hall–Kier alpha value is -1.98. The summed E-state index contributed by atoms with van der Waals surface area (Å²) in [6.07, 6.45) is 0.126. The zero-order chi connectivity index (χ0) is 14.5. The fraction of sp³-hybridized carbons (Fsp3) is 0.200. The van der Waals surface area contributed by atoms with Crippen molar-refractivity contribution < 1.29 is 13.5 Å². The Balaban J connectivity index is 2.24. The predicted octanol–water partition coefficient (Wildman–Crippen LogP) is 2.72. The second-order valence-electron chi connectivity index (χ2n) is 4.40. The molecule has 2 rings (SSSR count). The van der Waals surface area contributed by atoms with Crippen molar-refractivity contribution in [2.75, 3.05) is 7.11 Å². The summed E-state index contributed by atoms with van der Waals surface area (Å²) in [4.78, 5) is 0. The zero-order valence-electron chi connectivity index (χ0n) is 11.1. The maximum absolute atomic E-state index is 13.7. The van der Waals surface area contributed by atoms with Crippen LogP contribution in [0.5, 0.6) is 5.75 Å². The minimum atomic E-state index is -0.571. The molecule has 0 saturated carbocycles. The number of halogens is 2. The average Bonchev–Trinajstić information content (AvgIpc) is 2.47. The molecule has 0 saturated heterocycles. The van der Waals surface area contributed by atoms with Gasteiger partial charge in [0.1, 0.15) is 17.4 Å². The minimum absolute atomic E-state index is 0.0197. The highest BCUT2D eigenvalue weighted by atomic mass is 19.1. The largest absolute Gasteiger partial charge is 0.497 e. The van der Waals surface area contributed by atoms with Crippen molar-refractivity contribution in [3.8, 4) is 5.75 Å². The van der Waals surface area contributed by atoms with Crippen LogP contribution in [0.3, 0.4) is 0 Å². The van der Waals surface area contributed by atoms with Crippen molar-refractivity contribution >= 4 is 0 Å². The van der Waals surface area contributed by atoms with E-state index in [0.29, 0.717) is 5.75 Å². The fourth-order valence-corrected chi connectivity index (χ4v) is 2.04. The summed E-state index contributed by atoms with van der Waals surface area (Å²) in [5, 5.41) is 0. The van der Waals surface area contributed by atoms with Gasteiger partial charge < -0.3 is 4.74 Å². The van der Waals surface area contributed by atoms with Gasteiger partial charge in [0.15, 0.2) is 0 Å². The van der Waals surface area contributed by atoms with E-state index in [9.17, 15) is 8.78 Å². The van der Waals surface area contributed by atoms with Gasteiger partial charge in [-0.05, 0) is 36.2 Å². The van der Waals surface area contributed by atoms with Crippen molar-refractivity contribution in [1.29, 1.82) is 0 Å². The minimum Gasteiger partial charge on any atom is -0.497 e. The van der Waals surface area contributed by atoms with Gasteiger partial charge in [0.25, 0.3) is 0 Å². The number of nitrogens with one attached hydrogen (secondary N) is 1. The van der Waals surface area contributed by atoms with E-state index < -0.39 is 11.6 Å². The molecule has 0 aliphatic heterocycles. The molecule has 0 bridgehead atoms. The van der Waals surface area contributed by atoms with Crippen LogP contribution < -0.4 is 16.0 Å². The van der Waals surface area contributed by atoms with Crippen molar-refractivity contribution in [1.82, 2.24) is 5.43 Å². The molecule has 0 aliphatic rings. The van der Waals surface area contributed by atoms with Gasteiger partial charge in [-0.3, -0.25) is 11.3 Å². The lowest BCUT2D eigenvalue weighted by Gasteiger charge is -2.17. The molecule has 106 valence electrons. The number of hydrogen-bond acceptors (Lipinski definition) is 3. The maximum atomic E-state index is 13.7. The SMILES string of the molecule is COc1ccc(C(Cc2c(F)cccc2F)NN)cc1. The molecule has 2 aromatic rings. The second-order valence-corrected chi connectivity index (χ2v) is 4.40. The molecule has 1 unspecified atom stereocenters. The number of hydrazine groups is 1. The number of ether oxygens (including phenoxy) is 1. The van der Waals surface area contributed by atoms with Gasteiger partial charge in [-0.25, -0.2) is 8.78 Å². The summed E-state index contributed by atoms with van der Waals surface area (Å²) in [6.45, 7) is 0. The lowest BCUT2D eigenvalue weighted by atomic mass is 9.98. The normalized spacial score (nSPS) is 12.2. The van der Waals surface area contributed by atoms with Gasteiger partial charge >= 0.3 is 0 Å². The number of hydrogen-bond donors (Lipinski definition) is 2. The Bertz CT molecular complexity index is 552. The standard InChI is InChI=1S/C15H16F2N2O/c1-20-11-7-5-10(6-8-11)15(19-18)9-12-13(16)3-2-4-14(12)17/h2-8,15,19H,9,18H2,1H3.